The summed E-state index contributed by atoms with van der Waals surface area (Å²) < 4.78 is 49.6. The highest BCUT2D eigenvalue weighted by atomic mass is 19.4. The van der Waals surface area contributed by atoms with Crippen molar-refractivity contribution in [3.8, 4) is 5.75 Å². The fourth-order valence-corrected chi connectivity index (χ4v) is 1.96. The summed E-state index contributed by atoms with van der Waals surface area (Å²) in [5, 5.41) is 0. The van der Waals surface area contributed by atoms with Crippen LogP contribution in [0.15, 0.2) is 18.2 Å². The van der Waals surface area contributed by atoms with Crippen molar-refractivity contribution < 1.29 is 22.6 Å². The number of benzene rings is 1. The SMILES string of the molecule is CCC(N)Cc1ccc(OC(C)COC)c(C(F)(F)F)c1. The maximum Gasteiger partial charge on any atom is 0.419 e. The van der Waals surface area contributed by atoms with Crippen molar-refractivity contribution in [2.75, 3.05) is 13.7 Å². The van der Waals surface area contributed by atoms with Gasteiger partial charge in [0.05, 0.1) is 12.2 Å². The van der Waals surface area contributed by atoms with Crippen LogP contribution in [0.4, 0.5) is 13.2 Å². The van der Waals surface area contributed by atoms with E-state index in [2.05, 4.69) is 0 Å². The number of hydrogen-bond donors (Lipinski definition) is 1. The molecular weight excluding hydrogens is 283 g/mol. The minimum atomic E-state index is -4.46. The molecule has 0 aromatic heterocycles. The number of ether oxygens (including phenoxy) is 2. The number of nitrogens with two attached hydrogens (primary N) is 1. The second-order valence-corrected chi connectivity index (χ2v) is 5.08. The summed E-state index contributed by atoms with van der Waals surface area (Å²) in [4.78, 5) is 0. The van der Waals surface area contributed by atoms with Crippen LogP contribution in [0.2, 0.25) is 0 Å². The van der Waals surface area contributed by atoms with Crippen molar-refractivity contribution in [3.05, 3.63) is 29.3 Å². The van der Waals surface area contributed by atoms with E-state index in [1.807, 2.05) is 6.92 Å². The van der Waals surface area contributed by atoms with Crippen LogP contribution in [-0.4, -0.2) is 25.9 Å². The molecule has 0 saturated heterocycles. The van der Waals surface area contributed by atoms with Gasteiger partial charge in [0.15, 0.2) is 0 Å². The normalized spacial score (nSPS) is 14.8. The first-order chi connectivity index (χ1) is 9.77. The molecule has 120 valence electrons. The van der Waals surface area contributed by atoms with Crippen LogP contribution in [0, 0.1) is 0 Å². The molecule has 0 aliphatic carbocycles. The molecule has 6 heteroatoms. The molecule has 1 rings (SSSR count). The minimum absolute atomic E-state index is 0.148. The highest BCUT2D eigenvalue weighted by Crippen LogP contribution is 2.37. The number of methoxy groups -OCH3 is 1. The van der Waals surface area contributed by atoms with Gasteiger partial charge in [-0.15, -0.1) is 0 Å². The van der Waals surface area contributed by atoms with Crippen LogP contribution in [0.1, 0.15) is 31.4 Å². The van der Waals surface area contributed by atoms with Gasteiger partial charge < -0.3 is 15.2 Å². The third kappa shape index (κ3) is 5.55. The largest absolute Gasteiger partial charge is 0.488 e. The molecule has 1 aromatic rings. The predicted octanol–water partition coefficient (Wildman–Crippen LogP) is 3.40. The lowest BCUT2D eigenvalue weighted by Gasteiger charge is -2.19. The second kappa shape index (κ2) is 7.66. The minimum Gasteiger partial charge on any atom is -0.488 e. The van der Waals surface area contributed by atoms with Gasteiger partial charge in [-0.2, -0.15) is 13.2 Å². The number of halogens is 3. The van der Waals surface area contributed by atoms with Crippen molar-refractivity contribution in [3.63, 3.8) is 0 Å². The Morgan fingerprint density at radius 1 is 1.29 bits per heavy atom. The summed E-state index contributed by atoms with van der Waals surface area (Å²) in [5.41, 5.74) is 5.58. The van der Waals surface area contributed by atoms with Gasteiger partial charge >= 0.3 is 6.18 Å². The quantitative estimate of drug-likeness (QED) is 0.839. The van der Waals surface area contributed by atoms with E-state index in [4.69, 9.17) is 15.2 Å². The average molecular weight is 305 g/mol. The highest BCUT2D eigenvalue weighted by Gasteiger charge is 2.35. The zero-order valence-electron chi connectivity index (χ0n) is 12.5. The fraction of sp³-hybridized carbons (Fsp3) is 0.600. The molecule has 2 N–H and O–H groups in total. The van der Waals surface area contributed by atoms with E-state index in [-0.39, 0.29) is 18.4 Å². The van der Waals surface area contributed by atoms with E-state index in [1.165, 1.54) is 13.2 Å². The maximum atomic E-state index is 13.1. The van der Waals surface area contributed by atoms with E-state index in [1.54, 1.807) is 13.0 Å². The van der Waals surface area contributed by atoms with Crippen LogP contribution in [-0.2, 0) is 17.3 Å². The van der Waals surface area contributed by atoms with E-state index in [9.17, 15) is 13.2 Å². The van der Waals surface area contributed by atoms with Crippen molar-refractivity contribution in [1.29, 1.82) is 0 Å². The second-order valence-electron chi connectivity index (χ2n) is 5.08. The van der Waals surface area contributed by atoms with Crippen LogP contribution < -0.4 is 10.5 Å². The summed E-state index contributed by atoms with van der Waals surface area (Å²) in [7, 11) is 1.47. The average Bonchev–Trinajstić information content (AvgIpc) is 2.39. The molecule has 0 fully saturated rings. The molecule has 2 unspecified atom stereocenters. The van der Waals surface area contributed by atoms with Gasteiger partial charge in [0, 0.05) is 13.2 Å². The topological polar surface area (TPSA) is 44.5 Å². The Morgan fingerprint density at radius 2 is 1.95 bits per heavy atom. The first-order valence-electron chi connectivity index (χ1n) is 6.89. The summed E-state index contributed by atoms with van der Waals surface area (Å²) in [5.74, 6) is -0.180. The van der Waals surface area contributed by atoms with Gasteiger partial charge in [0.1, 0.15) is 11.9 Å². The van der Waals surface area contributed by atoms with E-state index >= 15 is 0 Å². The van der Waals surface area contributed by atoms with Crippen molar-refractivity contribution in [1.82, 2.24) is 0 Å². The molecule has 3 nitrogen and oxygen atoms in total. The monoisotopic (exact) mass is 305 g/mol. The van der Waals surface area contributed by atoms with Gasteiger partial charge in [-0.1, -0.05) is 13.0 Å². The third-order valence-corrected chi connectivity index (χ3v) is 3.10. The first-order valence-corrected chi connectivity index (χ1v) is 6.89. The number of hydrogen-bond acceptors (Lipinski definition) is 3. The molecule has 2 atom stereocenters. The van der Waals surface area contributed by atoms with Crippen LogP contribution in [0.25, 0.3) is 0 Å². The zero-order valence-corrected chi connectivity index (χ0v) is 12.5. The van der Waals surface area contributed by atoms with Gasteiger partial charge in [-0.25, -0.2) is 0 Å². The number of alkyl halides is 3. The van der Waals surface area contributed by atoms with Crippen molar-refractivity contribution in [2.24, 2.45) is 5.73 Å². The standard InChI is InChI=1S/C15H22F3NO2/c1-4-12(19)7-11-5-6-14(21-10(2)9-20-3)13(8-11)15(16,17)18/h5-6,8,10,12H,4,7,9,19H2,1-3H3. The Kier molecular flexibility index (Phi) is 6.48. The van der Waals surface area contributed by atoms with Crippen molar-refractivity contribution >= 4 is 0 Å². The van der Waals surface area contributed by atoms with Gasteiger partial charge in [-0.3, -0.25) is 0 Å². The van der Waals surface area contributed by atoms with Gasteiger partial charge in [-0.05, 0) is 37.5 Å². The highest BCUT2D eigenvalue weighted by molar-refractivity contribution is 5.39. The summed E-state index contributed by atoms with van der Waals surface area (Å²) in [6, 6.07) is 3.95. The van der Waals surface area contributed by atoms with E-state index in [0.29, 0.717) is 18.4 Å². The number of rotatable bonds is 7. The lowest BCUT2D eigenvalue weighted by Crippen LogP contribution is -2.22. The maximum absolute atomic E-state index is 13.1. The summed E-state index contributed by atoms with van der Waals surface area (Å²) >= 11 is 0. The molecule has 0 saturated carbocycles. The smallest absolute Gasteiger partial charge is 0.419 e. The Morgan fingerprint density at radius 3 is 2.48 bits per heavy atom. The molecule has 0 aliphatic heterocycles. The molecule has 0 bridgehead atoms. The molecule has 0 spiro atoms. The molecular formula is C15H22F3NO2. The Balaban J connectivity index is 3.03. The van der Waals surface area contributed by atoms with E-state index in [0.717, 1.165) is 6.07 Å². The first kappa shape index (κ1) is 17.8. The lowest BCUT2D eigenvalue weighted by atomic mass is 10.0. The molecule has 0 amide bonds. The fourth-order valence-electron chi connectivity index (χ4n) is 1.96. The van der Waals surface area contributed by atoms with Crippen LogP contribution in [0.5, 0.6) is 5.75 Å². The molecule has 21 heavy (non-hydrogen) atoms. The Bertz CT molecular complexity index is 449. The summed E-state index contributed by atoms with van der Waals surface area (Å²) in [6.45, 7) is 3.78. The van der Waals surface area contributed by atoms with Crippen molar-refractivity contribution in [2.45, 2.75) is 45.0 Å². The van der Waals surface area contributed by atoms with E-state index < -0.39 is 17.8 Å². The Labute approximate surface area is 123 Å². The van der Waals surface area contributed by atoms with Gasteiger partial charge in [0.2, 0.25) is 0 Å². The summed E-state index contributed by atoms with van der Waals surface area (Å²) in [6.07, 6.45) is -3.80. The molecule has 0 aliphatic rings. The molecule has 0 heterocycles. The van der Waals surface area contributed by atoms with Crippen LogP contribution >= 0.6 is 0 Å². The molecule has 1 aromatic carbocycles. The van der Waals surface area contributed by atoms with Gasteiger partial charge in [0.25, 0.3) is 0 Å². The molecule has 0 radical (unpaired) electrons. The Hall–Kier alpha value is -1.27. The lowest BCUT2D eigenvalue weighted by molar-refractivity contribution is -0.139. The predicted molar refractivity (Wildman–Crippen MR) is 75.4 cm³/mol. The zero-order chi connectivity index (χ0) is 16.0. The van der Waals surface area contributed by atoms with Crippen LogP contribution in [0.3, 0.4) is 0 Å². The third-order valence-electron chi connectivity index (χ3n) is 3.10.